The minimum atomic E-state index is 0.127. The minimum Gasteiger partial charge on any atom is -0.493 e. The molecule has 0 N–H and O–H groups in total. The third-order valence-electron chi connectivity index (χ3n) is 2.89. The SMILES string of the molecule is COc1ccc(C2CCCN=N2)cc1OC(C)C. The molecular formula is C14H20N2O2. The maximum Gasteiger partial charge on any atom is 0.161 e. The van der Waals surface area contributed by atoms with E-state index in [0.29, 0.717) is 0 Å². The van der Waals surface area contributed by atoms with Gasteiger partial charge in [-0.1, -0.05) is 6.07 Å². The standard InChI is InChI=1S/C14H20N2O2/c1-10(2)18-14-9-11(6-7-13(14)17-3)12-5-4-8-15-16-12/h6-7,9-10,12H,4-5,8H2,1-3H3. The molecule has 1 aliphatic heterocycles. The van der Waals surface area contributed by atoms with Crippen LogP contribution in [0.5, 0.6) is 11.5 Å². The predicted octanol–water partition coefficient (Wildman–Crippen LogP) is 3.77. The van der Waals surface area contributed by atoms with Crippen LogP contribution in [0.25, 0.3) is 0 Å². The first kappa shape index (κ1) is 12.9. The lowest BCUT2D eigenvalue weighted by Crippen LogP contribution is -2.08. The lowest BCUT2D eigenvalue weighted by Gasteiger charge is -2.18. The Morgan fingerprint density at radius 2 is 2.11 bits per heavy atom. The van der Waals surface area contributed by atoms with E-state index >= 15 is 0 Å². The van der Waals surface area contributed by atoms with Gasteiger partial charge in [-0.15, -0.1) is 0 Å². The van der Waals surface area contributed by atoms with Gasteiger partial charge in [0.1, 0.15) is 0 Å². The van der Waals surface area contributed by atoms with Gasteiger partial charge in [0.25, 0.3) is 0 Å². The molecular weight excluding hydrogens is 228 g/mol. The topological polar surface area (TPSA) is 43.2 Å². The van der Waals surface area contributed by atoms with Crippen molar-refractivity contribution >= 4 is 0 Å². The van der Waals surface area contributed by atoms with E-state index in [1.807, 2.05) is 32.0 Å². The summed E-state index contributed by atoms with van der Waals surface area (Å²) in [4.78, 5) is 0. The van der Waals surface area contributed by atoms with Crippen molar-refractivity contribution in [1.82, 2.24) is 0 Å². The summed E-state index contributed by atoms with van der Waals surface area (Å²) >= 11 is 0. The van der Waals surface area contributed by atoms with E-state index in [1.165, 1.54) is 0 Å². The molecule has 2 rings (SSSR count). The van der Waals surface area contributed by atoms with Crippen LogP contribution in [0.15, 0.2) is 28.4 Å². The third kappa shape index (κ3) is 3.00. The fourth-order valence-electron chi connectivity index (χ4n) is 2.05. The molecule has 1 atom stereocenters. The molecule has 1 aromatic rings. The Morgan fingerprint density at radius 1 is 1.28 bits per heavy atom. The maximum absolute atomic E-state index is 5.77. The Balaban J connectivity index is 2.26. The summed E-state index contributed by atoms with van der Waals surface area (Å²) < 4.78 is 11.1. The highest BCUT2D eigenvalue weighted by atomic mass is 16.5. The Morgan fingerprint density at radius 3 is 2.72 bits per heavy atom. The zero-order valence-corrected chi connectivity index (χ0v) is 11.2. The average Bonchev–Trinajstić information content (AvgIpc) is 2.39. The molecule has 0 saturated carbocycles. The van der Waals surface area contributed by atoms with Gasteiger partial charge in [-0.05, 0) is 44.4 Å². The number of nitrogens with zero attached hydrogens (tertiary/aromatic N) is 2. The fraction of sp³-hybridized carbons (Fsp3) is 0.571. The summed E-state index contributed by atoms with van der Waals surface area (Å²) in [6.07, 6.45) is 2.28. The molecule has 0 aromatic heterocycles. The van der Waals surface area contributed by atoms with Crippen LogP contribution < -0.4 is 9.47 Å². The van der Waals surface area contributed by atoms with Crippen molar-refractivity contribution in [2.45, 2.75) is 38.8 Å². The molecule has 98 valence electrons. The molecule has 0 spiro atoms. The molecule has 1 heterocycles. The number of azo groups is 1. The summed E-state index contributed by atoms with van der Waals surface area (Å²) in [5.41, 5.74) is 1.15. The summed E-state index contributed by atoms with van der Waals surface area (Å²) in [5.74, 6) is 1.55. The van der Waals surface area contributed by atoms with Gasteiger partial charge in [0.05, 0.1) is 25.8 Å². The number of ether oxygens (including phenoxy) is 2. The van der Waals surface area contributed by atoms with Crippen LogP contribution in [-0.4, -0.2) is 19.8 Å². The van der Waals surface area contributed by atoms with E-state index in [-0.39, 0.29) is 12.1 Å². The molecule has 0 saturated heterocycles. The molecule has 18 heavy (non-hydrogen) atoms. The van der Waals surface area contributed by atoms with Crippen molar-refractivity contribution in [3.8, 4) is 11.5 Å². The molecule has 0 bridgehead atoms. The van der Waals surface area contributed by atoms with Crippen LogP contribution in [-0.2, 0) is 0 Å². The van der Waals surface area contributed by atoms with Crippen LogP contribution in [0.3, 0.4) is 0 Å². The van der Waals surface area contributed by atoms with Crippen molar-refractivity contribution in [3.05, 3.63) is 23.8 Å². The first-order valence-electron chi connectivity index (χ1n) is 6.42. The highest BCUT2D eigenvalue weighted by molar-refractivity contribution is 5.44. The highest BCUT2D eigenvalue weighted by Gasteiger charge is 2.16. The van der Waals surface area contributed by atoms with Gasteiger partial charge in [0.15, 0.2) is 11.5 Å². The van der Waals surface area contributed by atoms with Crippen molar-refractivity contribution in [1.29, 1.82) is 0 Å². The summed E-state index contributed by atoms with van der Waals surface area (Å²) in [7, 11) is 1.66. The third-order valence-corrected chi connectivity index (χ3v) is 2.89. The van der Waals surface area contributed by atoms with Gasteiger partial charge in [0, 0.05) is 0 Å². The molecule has 1 aliphatic rings. The van der Waals surface area contributed by atoms with Gasteiger partial charge in [-0.3, -0.25) is 0 Å². The Hall–Kier alpha value is -1.58. The molecule has 4 heteroatoms. The number of hydrogen-bond acceptors (Lipinski definition) is 4. The van der Waals surface area contributed by atoms with E-state index in [9.17, 15) is 0 Å². The number of hydrogen-bond donors (Lipinski definition) is 0. The second-order valence-corrected chi connectivity index (χ2v) is 4.72. The van der Waals surface area contributed by atoms with Crippen molar-refractivity contribution in [2.24, 2.45) is 10.2 Å². The normalized spacial score (nSPS) is 19.0. The summed E-state index contributed by atoms with van der Waals surface area (Å²) in [6, 6.07) is 6.17. The van der Waals surface area contributed by atoms with Gasteiger partial charge in [-0.25, -0.2) is 0 Å². The lowest BCUT2D eigenvalue weighted by atomic mass is 10.0. The van der Waals surface area contributed by atoms with Gasteiger partial charge < -0.3 is 9.47 Å². The zero-order valence-electron chi connectivity index (χ0n) is 11.2. The first-order chi connectivity index (χ1) is 8.70. The van der Waals surface area contributed by atoms with Crippen LogP contribution in [0, 0.1) is 0 Å². The van der Waals surface area contributed by atoms with E-state index in [1.54, 1.807) is 7.11 Å². The zero-order chi connectivity index (χ0) is 13.0. The van der Waals surface area contributed by atoms with Crippen LogP contribution in [0.1, 0.15) is 38.3 Å². The van der Waals surface area contributed by atoms with Crippen molar-refractivity contribution < 1.29 is 9.47 Å². The van der Waals surface area contributed by atoms with E-state index in [0.717, 1.165) is 36.4 Å². The van der Waals surface area contributed by atoms with E-state index in [2.05, 4.69) is 10.2 Å². The molecule has 0 fully saturated rings. The van der Waals surface area contributed by atoms with E-state index < -0.39 is 0 Å². The second kappa shape index (κ2) is 5.85. The lowest BCUT2D eigenvalue weighted by molar-refractivity contribution is 0.229. The predicted molar refractivity (Wildman–Crippen MR) is 70.5 cm³/mol. The van der Waals surface area contributed by atoms with Crippen LogP contribution in [0.2, 0.25) is 0 Å². The van der Waals surface area contributed by atoms with Crippen LogP contribution >= 0.6 is 0 Å². The molecule has 4 nitrogen and oxygen atoms in total. The summed E-state index contributed by atoms with van der Waals surface area (Å²) in [5, 5.41) is 8.43. The average molecular weight is 248 g/mol. The molecule has 0 amide bonds. The first-order valence-corrected chi connectivity index (χ1v) is 6.42. The number of benzene rings is 1. The van der Waals surface area contributed by atoms with Gasteiger partial charge in [0.2, 0.25) is 0 Å². The maximum atomic E-state index is 5.77. The molecule has 1 unspecified atom stereocenters. The Bertz CT molecular complexity index is 430. The van der Waals surface area contributed by atoms with Crippen molar-refractivity contribution in [2.75, 3.05) is 13.7 Å². The minimum absolute atomic E-state index is 0.127. The second-order valence-electron chi connectivity index (χ2n) is 4.72. The molecule has 0 aliphatic carbocycles. The van der Waals surface area contributed by atoms with E-state index in [4.69, 9.17) is 9.47 Å². The van der Waals surface area contributed by atoms with Gasteiger partial charge >= 0.3 is 0 Å². The monoisotopic (exact) mass is 248 g/mol. The van der Waals surface area contributed by atoms with Crippen molar-refractivity contribution in [3.63, 3.8) is 0 Å². The smallest absolute Gasteiger partial charge is 0.161 e. The quantitative estimate of drug-likeness (QED) is 0.814. The Kier molecular flexibility index (Phi) is 4.18. The highest BCUT2D eigenvalue weighted by Crippen LogP contribution is 2.34. The number of methoxy groups -OCH3 is 1. The fourth-order valence-corrected chi connectivity index (χ4v) is 2.05. The molecule has 1 aromatic carbocycles. The Labute approximate surface area is 108 Å². The van der Waals surface area contributed by atoms with Crippen LogP contribution in [0.4, 0.5) is 0 Å². The largest absolute Gasteiger partial charge is 0.493 e. The summed E-state index contributed by atoms with van der Waals surface area (Å²) in [6.45, 7) is 4.86. The van der Waals surface area contributed by atoms with Gasteiger partial charge in [-0.2, -0.15) is 10.2 Å². The number of rotatable bonds is 4. The molecule has 0 radical (unpaired) electrons.